The van der Waals surface area contributed by atoms with Crippen molar-refractivity contribution in [3.05, 3.63) is 29.3 Å². The first-order valence-electron chi connectivity index (χ1n) is 3.64. The van der Waals surface area contributed by atoms with Gasteiger partial charge in [-0.1, -0.05) is 6.07 Å². The van der Waals surface area contributed by atoms with E-state index in [2.05, 4.69) is 5.10 Å². The number of aromatic hydroxyl groups is 2. The first-order valence-corrected chi connectivity index (χ1v) is 3.64. The summed E-state index contributed by atoms with van der Waals surface area (Å²) in [5.74, 6) is -1.42. The van der Waals surface area contributed by atoms with E-state index in [1.165, 1.54) is 23.4 Å². The number of benzene rings is 1. The highest BCUT2D eigenvalue weighted by atomic mass is 16.3. The van der Waals surface area contributed by atoms with Crippen molar-refractivity contribution in [2.75, 3.05) is 0 Å². The van der Waals surface area contributed by atoms with Gasteiger partial charge in [0.15, 0.2) is 5.78 Å². The first kappa shape index (κ1) is 9.85. The molecule has 0 aliphatic rings. The van der Waals surface area contributed by atoms with Gasteiger partial charge < -0.3 is 10.2 Å². The molecule has 0 saturated carbocycles. The molecule has 1 aromatic carbocycles. The minimum atomic E-state index is -0.720. The lowest BCUT2D eigenvalue weighted by Crippen LogP contribution is -2.54. The van der Waals surface area contributed by atoms with Gasteiger partial charge >= 0.3 is 0 Å². The summed E-state index contributed by atoms with van der Waals surface area (Å²) >= 11 is 0. The number of hydrazone groups is 1. The van der Waals surface area contributed by atoms with Gasteiger partial charge in [0.2, 0.25) is 0 Å². The molecule has 0 heterocycles. The van der Waals surface area contributed by atoms with Crippen LogP contribution in [0.5, 0.6) is 11.5 Å². The second-order valence-corrected chi connectivity index (χ2v) is 2.39. The Hall–Kier alpha value is -2.24. The van der Waals surface area contributed by atoms with Crippen molar-refractivity contribution < 1.29 is 20.2 Å². The molecule has 0 bridgehead atoms. The Morgan fingerprint density at radius 3 is 2.50 bits per heavy atom. The van der Waals surface area contributed by atoms with E-state index in [1.807, 2.05) is 0 Å². The molecule has 1 rings (SSSR count). The van der Waals surface area contributed by atoms with Gasteiger partial charge in [-0.3, -0.25) is 4.79 Å². The maximum absolute atomic E-state index is 11.2. The molecule has 0 spiro atoms. The molecule has 0 amide bonds. The third-order valence-corrected chi connectivity index (χ3v) is 1.51. The summed E-state index contributed by atoms with van der Waals surface area (Å²) in [6, 6.07) is 3.91. The van der Waals surface area contributed by atoms with Gasteiger partial charge in [-0.2, -0.15) is 15.9 Å². The van der Waals surface area contributed by atoms with Crippen LogP contribution in [0, 0.1) is 0 Å². The molecule has 0 aromatic heterocycles. The smallest absolute Gasteiger partial charge is 0.194 e. The van der Waals surface area contributed by atoms with Crippen molar-refractivity contribution in [1.82, 2.24) is 0 Å². The molecule has 1 aromatic rings. The Bertz CT molecular complexity index is 381. The molecule has 6 nitrogen and oxygen atoms in total. The standard InChI is InChI=1S/C8H7N3O3/c9-11-10-4-7(14)8-5(12)2-1-3-6(8)13/h1-4,11-13H. The predicted octanol–water partition coefficient (Wildman–Crippen LogP) is -0.632. The van der Waals surface area contributed by atoms with Crippen molar-refractivity contribution >= 4 is 12.0 Å². The average molecular weight is 193 g/mol. The van der Waals surface area contributed by atoms with E-state index in [0.717, 1.165) is 6.21 Å². The Labute approximate surface area is 79.0 Å². The van der Waals surface area contributed by atoms with Crippen LogP contribution < -0.4 is 5.22 Å². The van der Waals surface area contributed by atoms with Gasteiger partial charge in [0, 0.05) is 6.21 Å². The zero-order valence-corrected chi connectivity index (χ0v) is 7.01. The summed E-state index contributed by atoms with van der Waals surface area (Å²) < 4.78 is 0. The number of ketones is 1. The van der Waals surface area contributed by atoms with E-state index in [1.54, 1.807) is 0 Å². The summed E-state index contributed by atoms with van der Waals surface area (Å²) in [6.45, 7) is 0. The fourth-order valence-electron chi connectivity index (χ4n) is 0.933. The number of carbonyl (C=O) groups is 1. The number of phenolic OH excluding ortho intramolecular Hbond substituents is 2. The van der Waals surface area contributed by atoms with Gasteiger partial charge in [0.1, 0.15) is 17.1 Å². The van der Waals surface area contributed by atoms with E-state index >= 15 is 0 Å². The van der Waals surface area contributed by atoms with Gasteiger partial charge in [0.05, 0.1) is 0 Å². The van der Waals surface area contributed by atoms with E-state index in [0.29, 0.717) is 0 Å². The highest BCUT2D eigenvalue weighted by Crippen LogP contribution is 2.25. The lowest BCUT2D eigenvalue weighted by atomic mass is 10.1. The second-order valence-electron chi connectivity index (χ2n) is 2.39. The molecule has 0 fully saturated rings. The highest BCUT2D eigenvalue weighted by Gasteiger charge is 2.12. The van der Waals surface area contributed by atoms with Crippen molar-refractivity contribution in [2.45, 2.75) is 0 Å². The quantitative estimate of drug-likeness (QED) is 0.257. The minimum Gasteiger partial charge on any atom is -0.507 e. The normalized spacial score (nSPS) is 10.3. The zero-order valence-electron chi connectivity index (χ0n) is 7.01. The molecule has 14 heavy (non-hydrogen) atoms. The van der Waals surface area contributed by atoms with Gasteiger partial charge in [-0.15, -0.1) is 0 Å². The second kappa shape index (κ2) is 4.13. The molecule has 0 radical (unpaired) electrons. The van der Waals surface area contributed by atoms with E-state index < -0.39 is 5.78 Å². The SMILES string of the molecule is [N-]=[NH+]N=CC(=O)c1c(O)cccc1O. The van der Waals surface area contributed by atoms with Gasteiger partial charge in [-0.05, 0) is 12.1 Å². The molecule has 72 valence electrons. The van der Waals surface area contributed by atoms with E-state index in [4.69, 9.17) is 5.53 Å². The largest absolute Gasteiger partial charge is 0.507 e. The maximum Gasteiger partial charge on any atom is 0.194 e. The van der Waals surface area contributed by atoms with Crippen LogP contribution in [0.4, 0.5) is 0 Å². The van der Waals surface area contributed by atoms with Gasteiger partial charge in [0.25, 0.3) is 0 Å². The molecular formula is C8H7N3O3. The molecule has 3 N–H and O–H groups in total. The monoisotopic (exact) mass is 193 g/mol. The number of nitrogens with zero attached hydrogens (tertiary/aromatic N) is 2. The highest BCUT2D eigenvalue weighted by molar-refractivity contribution is 6.36. The molecule has 6 heteroatoms. The van der Waals surface area contributed by atoms with Crippen LogP contribution >= 0.6 is 0 Å². The van der Waals surface area contributed by atoms with E-state index in [9.17, 15) is 15.0 Å². The number of rotatable bonds is 3. The number of carbonyl (C=O) groups excluding carboxylic acids is 1. The lowest BCUT2D eigenvalue weighted by molar-refractivity contribution is -0.485. The summed E-state index contributed by atoms with van der Waals surface area (Å²) in [4.78, 5) is 11.2. The van der Waals surface area contributed by atoms with Crippen LogP contribution in [0.2, 0.25) is 0 Å². The van der Waals surface area contributed by atoms with Crippen molar-refractivity contribution in [3.8, 4) is 11.5 Å². The number of Topliss-reactive ketones (excluding diaryl/α,β-unsaturated/α-hetero) is 1. The molecule has 0 saturated heterocycles. The number of nitrogens with one attached hydrogen (secondary N) is 1. The summed E-state index contributed by atoms with van der Waals surface area (Å²) in [5, 5.41) is 22.9. The number of hydrogen-bond acceptors (Lipinski definition) is 3. The Balaban J connectivity index is 3.12. The third-order valence-electron chi connectivity index (χ3n) is 1.51. The summed E-state index contributed by atoms with van der Waals surface area (Å²) in [6.07, 6.45) is 0.731. The number of phenols is 2. The molecular weight excluding hydrogens is 186 g/mol. The summed E-state index contributed by atoms with van der Waals surface area (Å²) in [7, 11) is 0. The third kappa shape index (κ3) is 1.92. The van der Waals surface area contributed by atoms with Crippen molar-refractivity contribution in [3.63, 3.8) is 0 Å². The fraction of sp³-hybridized carbons (Fsp3) is 0. The molecule has 0 aliphatic carbocycles. The van der Waals surface area contributed by atoms with Crippen molar-refractivity contribution in [2.24, 2.45) is 5.10 Å². The topological polar surface area (TPSA) is 106 Å². The molecule has 0 atom stereocenters. The fourth-order valence-corrected chi connectivity index (χ4v) is 0.933. The van der Waals surface area contributed by atoms with Crippen LogP contribution in [0.3, 0.4) is 0 Å². The Morgan fingerprint density at radius 1 is 1.43 bits per heavy atom. The predicted molar refractivity (Wildman–Crippen MR) is 46.9 cm³/mol. The van der Waals surface area contributed by atoms with Gasteiger partial charge in [-0.25, -0.2) is 0 Å². The van der Waals surface area contributed by atoms with Crippen LogP contribution in [-0.2, 0) is 0 Å². The van der Waals surface area contributed by atoms with E-state index in [-0.39, 0.29) is 17.1 Å². The van der Waals surface area contributed by atoms with Crippen molar-refractivity contribution in [1.29, 1.82) is 0 Å². The maximum atomic E-state index is 11.2. The van der Waals surface area contributed by atoms with Crippen LogP contribution in [0.1, 0.15) is 10.4 Å². The first-order chi connectivity index (χ1) is 6.66. The molecule has 0 unspecified atom stereocenters. The summed E-state index contributed by atoms with van der Waals surface area (Å²) in [5.41, 5.74) is 7.82. The van der Waals surface area contributed by atoms with Crippen LogP contribution in [0.15, 0.2) is 23.3 Å². The Kier molecular flexibility index (Phi) is 2.90. The number of hydrogen-bond donors (Lipinski definition) is 3. The lowest BCUT2D eigenvalue weighted by Gasteiger charge is -2.02. The van der Waals surface area contributed by atoms with Crippen LogP contribution in [-0.4, -0.2) is 22.2 Å². The molecule has 0 aliphatic heterocycles. The average Bonchev–Trinajstić information content (AvgIpc) is 2.14. The zero-order chi connectivity index (χ0) is 10.6. The van der Waals surface area contributed by atoms with Crippen LogP contribution in [0.25, 0.3) is 5.53 Å². The minimum absolute atomic E-state index is 0.258. The Morgan fingerprint density at radius 2 is 2.00 bits per heavy atom.